The van der Waals surface area contributed by atoms with Crippen molar-refractivity contribution in [1.82, 2.24) is 0 Å². The fourth-order valence-electron chi connectivity index (χ4n) is 2.04. The Morgan fingerprint density at radius 1 is 1.14 bits per heavy atom. The minimum absolute atomic E-state index is 0.250. The van der Waals surface area contributed by atoms with E-state index in [-0.39, 0.29) is 6.15 Å². The van der Waals surface area contributed by atoms with Gasteiger partial charge < -0.3 is 0 Å². The first-order valence-corrected chi connectivity index (χ1v) is 5.70. The highest BCUT2D eigenvalue weighted by atomic mass is 16.2. The van der Waals surface area contributed by atoms with E-state index in [2.05, 4.69) is 13.8 Å². The molecule has 2 nitrogen and oxygen atoms in total. The molecule has 82 valence electrons. The summed E-state index contributed by atoms with van der Waals surface area (Å²) in [6, 6.07) is 0. The van der Waals surface area contributed by atoms with Crippen LogP contribution in [-0.2, 0) is 9.59 Å². The van der Waals surface area contributed by atoms with Crippen LogP contribution in [0.5, 0.6) is 0 Å². The molecule has 0 unspecified atom stereocenters. The zero-order chi connectivity index (χ0) is 10.8. The summed E-state index contributed by atoms with van der Waals surface area (Å²) in [6.07, 6.45) is 10.7. The summed E-state index contributed by atoms with van der Waals surface area (Å²) < 4.78 is 0. The topological polar surface area (TPSA) is 34.1 Å². The Labute approximate surface area is 87.1 Å². The van der Waals surface area contributed by atoms with Gasteiger partial charge in [0.05, 0.1) is 0 Å². The molecular weight excluding hydrogens is 176 g/mol. The monoisotopic (exact) mass is 198 g/mol. The predicted molar refractivity (Wildman–Crippen MR) is 55.7 cm³/mol. The average Bonchev–Trinajstić information content (AvgIpc) is 2.18. The van der Waals surface area contributed by atoms with Crippen LogP contribution < -0.4 is 0 Å². The van der Waals surface area contributed by atoms with Crippen LogP contribution in [0, 0.1) is 11.8 Å². The molecular formula is C12H22O2. The summed E-state index contributed by atoms with van der Waals surface area (Å²) in [6.45, 7) is 4.67. The van der Waals surface area contributed by atoms with Crippen molar-refractivity contribution in [3.63, 3.8) is 0 Å². The van der Waals surface area contributed by atoms with Crippen LogP contribution in [0.3, 0.4) is 0 Å². The van der Waals surface area contributed by atoms with Crippen LogP contribution >= 0.6 is 0 Å². The molecule has 1 rings (SSSR count). The van der Waals surface area contributed by atoms with Crippen LogP contribution in [0.1, 0.15) is 58.8 Å². The van der Waals surface area contributed by atoms with Gasteiger partial charge in [0.15, 0.2) is 0 Å². The third kappa shape index (κ3) is 8.00. The molecule has 0 aliphatic heterocycles. The molecule has 1 saturated carbocycles. The Bertz CT molecular complexity index is 152. The van der Waals surface area contributed by atoms with Crippen LogP contribution in [0.25, 0.3) is 0 Å². The molecule has 14 heavy (non-hydrogen) atoms. The van der Waals surface area contributed by atoms with Crippen molar-refractivity contribution < 1.29 is 9.59 Å². The van der Waals surface area contributed by atoms with E-state index in [1.807, 2.05) is 0 Å². The first kappa shape index (κ1) is 13.4. The molecule has 0 aromatic carbocycles. The SMILES string of the molecule is CC(C)CCC1CCCCC1.O=C=O. The summed E-state index contributed by atoms with van der Waals surface area (Å²) in [5, 5.41) is 0. The Morgan fingerprint density at radius 2 is 1.64 bits per heavy atom. The van der Waals surface area contributed by atoms with Crippen molar-refractivity contribution in [3.8, 4) is 0 Å². The molecule has 0 radical (unpaired) electrons. The van der Waals surface area contributed by atoms with Crippen LogP contribution in [0.4, 0.5) is 0 Å². The van der Waals surface area contributed by atoms with Gasteiger partial charge in [0.2, 0.25) is 0 Å². The van der Waals surface area contributed by atoms with Crippen molar-refractivity contribution in [2.75, 3.05) is 0 Å². The lowest BCUT2D eigenvalue weighted by Gasteiger charge is -2.21. The Morgan fingerprint density at radius 3 is 2.07 bits per heavy atom. The van der Waals surface area contributed by atoms with Crippen molar-refractivity contribution in [3.05, 3.63) is 0 Å². The second-order valence-corrected chi connectivity index (χ2v) is 4.56. The second kappa shape index (κ2) is 8.96. The molecule has 0 bridgehead atoms. The first-order chi connectivity index (χ1) is 6.70. The lowest BCUT2D eigenvalue weighted by atomic mass is 9.85. The molecule has 1 fully saturated rings. The van der Waals surface area contributed by atoms with Crippen LogP contribution in [0.2, 0.25) is 0 Å². The van der Waals surface area contributed by atoms with Crippen LogP contribution in [0.15, 0.2) is 0 Å². The summed E-state index contributed by atoms with van der Waals surface area (Å²) in [5.41, 5.74) is 0. The Kier molecular flexibility index (Phi) is 8.56. The predicted octanol–water partition coefficient (Wildman–Crippen LogP) is 3.42. The maximum absolute atomic E-state index is 8.12. The van der Waals surface area contributed by atoms with Gasteiger partial charge in [0.1, 0.15) is 0 Å². The van der Waals surface area contributed by atoms with Gasteiger partial charge in [-0.3, -0.25) is 0 Å². The normalized spacial score (nSPS) is 17.1. The minimum atomic E-state index is 0.250. The zero-order valence-electron chi connectivity index (χ0n) is 9.42. The van der Waals surface area contributed by atoms with E-state index >= 15 is 0 Å². The van der Waals surface area contributed by atoms with Gasteiger partial charge in [-0.1, -0.05) is 58.8 Å². The fourth-order valence-corrected chi connectivity index (χ4v) is 2.04. The molecule has 1 aliphatic rings. The summed E-state index contributed by atoms with van der Waals surface area (Å²) >= 11 is 0. The Balaban J connectivity index is 0.000000500. The van der Waals surface area contributed by atoms with Gasteiger partial charge in [-0.2, -0.15) is 9.59 Å². The van der Waals surface area contributed by atoms with E-state index in [1.54, 1.807) is 0 Å². The van der Waals surface area contributed by atoms with Gasteiger partial charge in [-0.25, -0.2) is 0 Å². The summed E-state index contributed by atoms with van der Waals surface area (Å²) in [7, 11) is 0. The molecule has 2 heteroatoms. The van der Waals surface area contributed by atoms with E-state index < -0.39 is 0 Å². The maximum Gasteiger partial charge on any atom is 0.373 e. The summed E-state index contributed by atoms with van der Waals surface area (Å²) in [4.78, 5) is 16.2. The van der Waals surface area contributed by atoms with E-state index in [0.29, 0.717) is 0 Å². The molecule has 1 aliphatic carbocycles. The van der Waals surface area contributed by atoms with E-state index in [0.717, 1.165) is 11.8 Å². The molecule has 0 N–H and O–H groups in total. The quantitative estimate of drug-likeness (QED) is 0.696. The summed E-state index contributed by atoms with van der Waals surface area (Å²) in [5.74, 6) is 2.00. The molecule has 0 heterocycles. The molecule has 0 aromatic rings. The van der Waals surface area contributed by atoms with Crippen molar-refractivity contribution in [2.45, 2.75) is 58.8 Å². The van der Waals surface area contributed by atoms with Gasteiger partial charge in [0, 0.05) is 0 Å². The van der Waals surface area contributed by atoms with Crippen molar-refractivity contribution in [1.29, 1.82) is 0 Å². The highest BCUT2D eigenvalue weighted by molar-refractivity contribution is 5.20. The second-order valence-electron chi connectivity index (χ2n) is 4.56. The third-order valence-electron chi connectivity index (χ3n) is 2.88. The smallest absolute Gasteiger partial charge is 0.186 e. The number of rotatable bonds is 3. The standard InChI is InChI=1S/C11H22.CO2/c1-10(2)8-9-11-6-4-3-5-7-11;2-1-3/h10-11H,3-9H2,1-2H3;. The van der Waals surface area contributed by atoms with Crippen molar-refractivity contribution in [2.24, 2.45) is 11.8 Å². The third-order valence-corrected chi connectivity index (χ3v) is 2.88. The minimum Gasteiger partial charge on any atom is -0.186 e. The first-order valence-electron chi connectivity index (χ1n) is 5.70. The lowest BCUT2D eigenvalue weighted by molar-refractivity contribution is -0.191. The van der Waals surface area contributed by atoms with E-state index in [4.69, 9.17) is 9.59 Å². The van der Waals surface area contributed by atoms with Gasteiger partial charge in [0.25, 0.3) is 0 Å². The lowest BCUT2D eigenvalue weighted by Crippen LogP contribution is -2.06. The number of carbonyl (C=O) groups excluding carboxylic acids is 2. The zero-order valence-corrected chi connectivity index (χ0v) is 9.42. The van der Waals surface area contributed by atoms with Gasteiger partial charge in [-0.15, -0.1) is 0 Å². The highest BCUT2D eigenvalue weighted by Crippen LogP contribution is 2.28. The molecule has 0 saturated heterocycles. The fraction of sp³-hybridized carbons (Fsp3) is 0.917. The maximum atomic E-state index is 8.12. The molecule has 0 aromatic heterocycles. The molecule has 0 atom stereocenters. The number of hydrogen-bond donors (Lipinski definition) is 0. The molecule has 0 spiro atoms. The average molecular weight is 198 g/mol. The van der Waals surface area contributed by atoms with E-state index in [1.165, 1.54) is 44.9 Å². The Hall–Kier alpha value is -0.620. The highest BCUT2D eigenvalue weighted by Gasteiger charge is 2.12. The number of hydrogen-bond acceptors (Lipinski definition) is 2. The van der Waals surface area contributed by atoms with Crippen LogP contribution in [-0.4, -0.2) is 6.15 Å². The van der Waals surface area contributed by atoms with Gasteiger partial charge in [-0.05, 0) is 11.8 Å². The van der Waals surface area contributed by atoms with Crippen molar-refractivity contribution >= 4 is 6.15 Å². The largest absolute Gasteiger partial charge is 0.373 e. The van der Waals surface area contributed by atoms with Gasteiger partial charge >= 0.3 is 6.15 Å². The molecule has 0 amide bonds. The van der Waals surface area contributed by atoms with E-state index in [9.17, 15) is 0 Å².